The summed E-state index contributed by atoms with van der Waals surface area (Å²) in [7, 11) is 0. The molecule has 0 aromatic rings. The van der Waals surface area contributed by atoms with Crippen LogP contribution in [-0.4, -0.2) is 37.0 Å². The molecule has 1 unspecified atom stereocenters. The van der Waals surface area contributed by atoms with Crippen LogP contribution in [0.2, 0.25) is 0 Å². The quantitative estimate of drug-likeness (QED) is 0.687. The van der Waals surface area contributed by atoms with Crippen LogP contribution < -0.4 is 5.32 Å². The summed E-state index contributed by atoms with van der Waals surface area (Å²) < 4.78 is 5.37. The molecular weight excluding hydrogens is 214 g/mol. The van der Waals surface area contributed by atoms with Crippen LogP contribution in [0.3, 0.4) is 0 Å². The first-order chi connectivity index (χ1) is 8.26. The van der Waals surface area contributed by atoms with Crippen molar-refractivity contribution in [2.75, 3.05) is 26.4 Å². The fourth-order valence-corrected chi connectivity index (χ4v) is 2.46. The van der Waals surface area contributed by atoms with Crippen LogP contribution in [0.15, 0.2) is 0 Å². The van der Waals surface area contributed by atoms with Gasteiger partial charge in [0.15, 0.2) is 0 Å². The molecule has 0 aromatic heterocycles. The van der Waals surface area contributed by atoms with Gasteiger partial charge in [-0.1, -0.05) is 33.1 Å². The predicted molar refractivity (Wildman–Crippen MR) is 71.2 cm³/mol. The molecule has 1 aliphatic heterocycles. The van der Waals surface area contributed by atoms with Gasteiger partial charge in [0, 0.05) is 18.8 Å². The van der Waals surface area contributed by atoms with Gasteiger partial charge in [-0.2, -0.15) is 0 Å². The molecule has 0 spiro atoms. The van der Waals surface area contributed by atoms with Gasteiger partial charge in [-0.25, -0.2) is 0 Å². The molecular formula is C14H29NO2. The Labute approximate surface area is 106 Å². The lowest BCUT2D eigenvalue weighted by Gasteiger charge is -2.37. The van der Waals surface area contributed by atoms with E-state index in [1.807, 2.05) is 0 Å². The van der Waals surface area contributed by atoms with E-state index in [0.717, 1.165) is 38.5 Å². The molecule has 0 aliphatic carbocycles. The van der Waals surface area contributed by atoms with E-state index < -0.39 is 0 Å². The maximum atomic E-state index is 9.59. The smallest absolute Gasteiger partial charge is 0.0615 e. The third kappa shape index (κ3) is 4.94. The molecule has 1 aliphatic rings. The SMILES string of the molecule is CCCCC(CC)CNC1(CO)CCOCC1. The summed E-state index contributed by atoms with van der Waals surface area (Å²) in [5.41, 5.74) is -0.0715. The van der Waals surface area contributed by atoms with Crippen LogP contribution >= 0.6 is 0 Å². The molecule has 1 heterocycles. The van der Waals surface area contributed by atoms with Crippen molar-refractivity contribution in [2.24, 2.45) is 5.92 Å². The highest BCUT2D eigenvalue weighted by atomic mass is 16.5. The summed E-state index contributed by atoms with van der Waals surface area (Å²) in [4.78, 5) is 0. The van der Waals surface area contributed by atoms with Crippen molar-refractivity contribution < 1.29 is 9.84 Å². The average Bonchev–Trinajstić information content (AvgIpc) is 2.40. The Balaban J connectivity index is 2.34. The lowest BCUT2D eigenvalue weighted by Crippen LogP contribution is -2.53. The van der Waals surface area contributed by atoms with Crippen LogP contribution in [0.1, 0.15) is 52.4 Å². The first-order valence-electron chi connectivity index (χ1n) is 7.20. The Bertz CT molecular complexity index is 191. The van der Waals surface area contributed by atoms with E-state index in [0.29, 0.717) is 0 Å². The van der Waals surface area contributed by atoms with Gasteiger partial charge in [-0.3, -0.25) is 0 Å². The molecule has 1 rings (SSSR count). The highest BCUT2D eigenvalue weighted by molar-refractivity contribution is 4.90. The van der Waals surface area contributed by atoms with Gasteiger partial charge in [0.25, 0.3) is 0 Å². The second kappa shape index (κ2) is 8.06. The van der Waals surface area contributed by atoms with Crippen LogP contribution in [0.4, 0.5) is 0 Å². The zero-order chi connectivity index (χ0) is 12.6. The first-order valence-corrected chi connectivity index (χ1v) is 7.20. The summed E-state index contributed by atoms with van der Waals surface area (Å²) in [5, 5.41) is 13.2. The summed E-state index contributed by atoms with van der Waals surface area (Å²) in [6, 6.07) is 0. The number of aliphatic hydroxyl groups excluding tert-OH is 1. The minimum Gasteiger partial charge on any atom is -0.394 e. The van der Waals surface area contributed by atoms with Gasteiger partial charge in [-0.05, 0) is 31.7 Å². The molecule has 0 bridgehead atoms. The van der Waals surface area contributed by atoms with Gasteiger partial charge < -0.3 is 15.2 Å². The third-order valence-corrected chi connectivity index (χ3v) is 4.06. The zero-order valence-corrected chi connectivity index (χ0v) is 11.5. The molecule has 0 radical (unpaired) electrons. The van der Waals surface area contributed by atoms with Gasteiger partial charge in [0.1, 0.15) is 0 Å². The number of hydrogen-bond acceptors (Lipinski definition) is 3. The van der Waals surface area contributed by atoms with Gasteiger partial charge in [0.05, 0.1) is 6.61 Å². The van der Waals surface area contributed by atoms with Crippen molar-refractivity contribution >= 4 is 0 Å². The summed E-state index contributed by atoms with van der Waals surface area (Å²) in [6.07, 6.45) is 7.00. The fraction of sp³-hybridized carbons (Fsp3) is 1.00. The molecule has 0 amide bonds. The molecule has 0 aromatic carbocycles. The number of ether oxygens (including phenoxy) is 1. The summed E-state index contributed by atoms with van der Waals surface area (Å²) >= 11 is 0. The van der Waals surface area contributed by atoms with Gasteiger partial charge in [0.2, 0.25) is 0 Å². The van der Waals surface area contributed by atoms with Crippen molar-refractivity contribution in [2.45, 2.75) is 57.9 Å². The predicted octanol–water partition coefficient (Wildman–Crippen LogP) is 2.33. The van der Waals surface area contributed by atoms with E-state index >= 15 is 0 Å². The number of aliphatic hydroxyl groups is 1. The molecule has 1 atom stereocenters. The third-order valence-electron chi connectivity index (χ3n) is 4.06. The highest BCUT2D eigenvalue weighted by Crippen LogP contribution is 2.21. The Hall–Kier alpha value is -0.120. The molecule has 2 N–H and O–H groups in total. The molecule has 1 fully saturated rings. The Morgan fingerprint density at radius 2 is 2.00 bits per heavy atom. The second-order valence-corrected chi connectivity index (χ2v) is 5.35. The average molecular weight is 243 g/mol. The first kappa shape index (κ1) is 14.9. The molecule has 3 nitrogen and oxygen atoms in total. The van der Waals surface area contributed by atoms with Crippen LogP contribution in [0.25, 0.3) is 0 Å². The number of nitrogens with one attached hydrogen (secondary N) is 1. The van der Waals surface area contributed by atoms with E-state index in [1.54, 1.807) is 0 Å². The number of rotatable bonds is 8. The minimum absolute atomic E-state index is 0.0715. The molecule has 1 saturated heterocycles. The Morgan fingerprint density at radius 3 is 2.53 bits per heavy atom. The Kier molecular flexibility index (Phi) is 7.09. The van der Waals surface area contributed by atoms with Crippen LogP contribution in [0.5, 0.6) is 0 Å². The normalized spacial score (nSPS) is 21.4. The zero-order valence-electron chi connectivity index (χ0n) is 11.5. The topological polar surface area (TPSA) is 41.5 Å². The molecule has 3 heteroatoms. The van der Waals surface area contributed by atoms with Crippen molar-refractivity contribution in [3.63, 3.8) is 0 Å². The highest BCUT2D eigenvalue weighted by Gasteiger charge is 2.31. The van der Waals surface area contributed by atoms with E-state index in [-0.39, 0.29) is 12.1 Å². The van der Waals surface area contributed by atoms with Crippen molar-refractivity contribution in [3.8, 4) is 0 Å². The fourth-order valence-electron chi connectivity index (χ4n) is 2.46. The standard InChI is InChI=1S/C14H29NO2/c1-3-5-6-13(4-2)11-15-14(12-16)7-9-17-10-8-14/h13,15-16H,3-12H2,1-2H3. The van der Waals surface area contributed by atoms with Crippen molar-refractivity contribution in [1.29, 1.82) is 0 Å². The lowest BCUT2D eigenvalue weighted by molar-refractivity contribution is 0.0101. The molecule has 0 saturated carbocycles. The molecule has 17 heavy (non-hydrogen) atoms. The van der Waals surface area contributed by atoms with Crippen LogP contribution in [-0.2, 0) is 4.74 Å². The number of unbranched alkanes of at least 4 members (excludes halogenated alkanes) is 1. The van der Waals surface area contributed by atoms with Gasteiger partial charge in [-0.15, -0.1) is 0 Å². The Morgan fingerprint density at radius 1 is 1.29 bits per heavy atom. The maximum absolute atomic E-state index is 9.59. The minimum atomic E-state index is -0.0715. The van der Waals surface area contributed by atoms with E-state index in [4.69, 9.17) is 4.74 Å². The number of hydrogen-bond donors (Lipinski definition) is 2. The van der Waals surface area contributed by atoms with E-state index in [9.17, 15) is 5.11 Å². The van der Waals surface area contributed by atoms with Crippen LogP contribution in [0, 0.1) is 5.92 Å². The maximum Gasteiger partial charge on any atom is 0.0615 e. The van der Waals surface area contributed by atoms with E-state index in [2.05, 4.69) is 19.2 Å². The summed E-state index contributed by atoms with van der Waals surface area (Å²) in [5.74, 6) is 0.751. The van der Waals surface area contributed by atoms with E-state index in [1.165, 1.54) is 25.7 Å². The van der Waals surface area contributed by atoms with Crippen molar-refractivity contribution in [3.05, 3.63) is 0 Å². The monoisotopic (exact) mass is 243 g/mol. The summed E-state index contributed by atoms with van der Waals surface area (Å²) in [6.45, 7) is 7.34. The second-order valence-electron chi connectivity index (χ2n) is 5.35. The van der Waals surface area contributed by atoms with Crippen molar-refractivity contribution in [1.82, 2.24) is 5.32 Å². The largest absolute Gasteiger partial charge is 0.394 e. The molecule has 102 valence electrons. The van der Waals surface area contributed by atoms with Gasteiger partial charge >= 0.3 is 0 Å². The lowest BCUT2D eigenvalue weighted by atomic mass is 9.89.